The van der Waals surface area contributed by atoms with Gasteiger partial charge in [-0.15, -0.1) is 10.2 Å². The number of nitrogens with zero attached hydrogens (tertiary/aromatic N) is 4. The maximum atomic E-state index is 14.2. The number of hydrogen-bond acceptors (Lipinski definition) is 6. The summed E-state index contributed by atoms with van der Waals surface area (Å²) in [6, 6.07) is 14.2. The van der Waals surface area contributed by atoms with Gasteiger partial charge in [-0.1, -0.05) is 18.2 Å². The fraction of sp³-hybridized carbons (Fsp3) is 0.300. The summed E-state index contributed by atoms with van der Waals surface area (Å²) < 4.78 is 69.5. The highest BCUT2D eigenvalue weighted by atomic mass is 19.4. The van der Waals surface area contributed by atoms with Gasteiger partial charge in [0.05, 0.1) is 6.10 Å². The fourth-order valence-corrected chi connectivity index (χ4v) is 5.52. The van der Waals surface area contributed by atoms with Crippen molar-refractivity contribution >= 4 is 11.1 Å². The molecule has 3 aromatic carbocycles. The Kier molecular flexibility index (Phi) is 7.08. The van der Waals surface area contributed by atoms with Gasteiger partial charge in [-0.25, -0.2) is 9.37 Å². The molecule has 1 saturated carbocycles. The van der Waals surface area contributed by atoms with Gasteiger partial charge in [0.25, 0.3) is 0 Å². The van der Waals surface area contributed by atoms with Crippen LogP contribution in [0.4, 0.5) is 17.6 Å². The lowest BCUT2D eigenvalue weighted by Gasteiger charge is -2.20. The van der Waals surface area contributed by atoms with Crippen LogP contribution in [0.15, 0.2) is 65.3 Å². The van der Waals surface area contributed by atoms with E-state index in [1.807, 2.05) is 6.07 Å². The van der Waals surface area contributed by atoms with E-state index in [-0.39, 0.29) is 35.7 Å². The summed E-state index contributed by atoms with van der Waals surface area (Å²) in [4.78, 5) is 4.46. The van der Waals surface area contributed by atoms with Gasteiger partial charge in [0, 0.05) is 37.9 Å². The molecule has 1 aliphatic rings. The van der Waals surface area contributed by atoms with E-state index in [1.54, 1.807) is 49.1 Å². The first kappa shape index (κ1) is 27.1. The van der Waals surface area contributed by atoms with Gasteiger partial charge in [-0.05, 0) is 72.4 Å². The van der Waals surface area contributed by atoms with Gasteiger partial charge in [-0.3, -0.25) is 0 Å². The number of alkyl halides is 3. The second-order valence-corrected chi connectivity index (χ2v) is 10.2. The number of halogens is 4. The number of nitrogens with one attached hydrogen (secondary N) is 1. The molecule has 11 heteroatoms. The fourth-order valence-electron chi connectivity index (χ4n) is 5.52. The quantitative estimate of drug-likeness (QED) is 0.220. The Labute approximate surface area is 233 Å². The first-order valence-electron chi connectivity index (χ1n) is 13.2. The minimum atomic E-state index is -4.63. The van der Waals surface area contributed by atoms with Crippen LogP contribution < -0.4 is 5.32 Å². The Morgan fingerprint density at radius 1 is 1.05 bits per heavy atom. The third-order valence-corrected chi connectivity index (χ3v) is 7.53. The zero-order chi connectivity index (χ0) is 28.7. The number of oxazole rings is 1. The zero-order valence-electron chi connectivity index (χ0n) is 22.4. The topological polar surface area (TPSA) is 78.0 Å². The summed E-state index contributed by atoms with van der Waals surface area (Å²) in [6.45, 7) is 0.247. The number of aryl methyl sites for hydroxylation is 1. The summed E-state index contributed by atoms with van der Waals surface area (Å²) in [5.41, 5.74) is 1.74. The van der Waals surface area contributed by atoms with E-state index in [0.717, 1.165) is 25.3 Å². The lowest BCUT2D eigenvalue weighted by Crippen LogP contribution is -2.36. The van der Waals surface area contributed by atoms with E-state index in [4.69, 9.17) is 9.15 Å². The number of aromatic nitrogens is 4. The molecule has 0 saturated heterocycles. The number of fused-ring (bicyclic) bond motifs is 1. The SMILES string of the molecule is CO[C@H]1CCC[C@H]1NCc1cc(C(F)(F)F)c2oc(-c3cccc(-c4ccc(F)cc4-c4nncn4C)c3)nc2c1. The van der Waals surface area contributed by atoms with E-state index in [2.05, 4.69) is 20.5 Å². The van der Waals surface area contributed by atoms with Crippen LogP contribution in [0, 0.1) is 5.82 Å². The molecule has 41 heavy (non-hydrogen) atoms. The molecule has 0 amide bonds. The molecule has 1 N–H and O–H groups in total. The van der Waals surface area contributed by atoms with Gasteiger partial charge in [-0.2, -0.15) is 13.2 Å². The maximum Gasteiger partial charge on any atom is 0.420 e. The van der Waals surface area contributed by atoms with Crippen molar-refractivity contribution in [2.45, 2.75) is 44.1 Å². The van der Waals surface area contributed by atoms with E-state index in [9.17, 15) is 17.6 Å². The smallest absolute Gasteiger partial charge is 0.420 e. The summed E-state index contributed by atoms with van der Waals surface area (Å²) in [7, 11) is 3.40. The van der Waals surface area contributed by atoms with Crippen LogP contribution in [0.2, 0.25) is 0 Å². The molecule has 0 aliphatic heterocycles. The number of methoxy groups -OCH3 is 1. The predicted molar refractivity (Wildman–Crippen MR) is 145 cm³/mol. The van der Waals surface area contributed by atoms with Gasteiger partial charge >= 0.3 is 6.18 Å². The Morgan fingerprint density at radius 3 is 2.63 bits per heavy atom. The molecule has 2 atom stereocenters. The molecule has 2 heterocycles. The zero-order valence-corrected chi connectivity index (χ0v) is 22.4. The van der Waals surface area contributed by atoms with Crippen LogP contribution in [0.5, 0.6) is 0 Å². The van der Waals surface area contributed by atoms with Crippen LogP contribution in [0.25, 0.3) is 45.1 Å². The van der Waals surface area contributed by atoms with Crippen LogP contribution in [0.1, 0.15) is 30.4 Å². The highest BCUT2D eigenvalue weighted by Gasteiger charge is 2.36. The largest absolute Gasteiger partial charge is 0.435 e. The van der Waals surface area contributed by atoms with Crippen molar-refractivity contribution in [3.8, 4) is 34.0 Å². The van der Waals surface area contributed by atoms with Crippen molar-refractivity contribution in [2.75, 3.05) is 7.11 Å². The minimum absolute atomic E-state index is 0.0436. The molecule has 0 unspecified atom stereocenters. The summed E-state index contributed by atoms with van der Waals surface area (Å²) in [6.07, 6.45) is -0.234. The number of rotatable bonds is 7. The third-order valence-electron chi connectivity index (χ3n) is 7.53. The Morgan fingerprint density at radius 2 is 1.88 bits per heavy atom. The molecule has 1 fully saturated rings. The van der Waals surface area contributed by atoms with E-state index >= 15 is 0 Å². The van der Waals surface area contributed by atoms with Crippen molar-refractivity contribution in [3.05, 3.63) is 77.9 Å². The van der Waals surface area contributed by atoms with Crippen LogP contribution >= 0.6 is 0 Å². The van der Waals surface area contributed by atoms with Crippen molar-refractivity contribution in [3.63, 3.8) is 0 Å². The van der Waals surface area contributed by atoms with Crippen LogP contribution in [-0.4, -0.2) is 39.0 Å². The average molecular weight is 566 g/mol. The third kappa shape index (κ3) is 5.34. The van der Waals surface area contributed by atoms with Crippen molar-refractivity contribution < 1.29 is 26.7 Å². The standard InChI is InChI=1S/C30H27F4N5O2/c1-39-16-36-38-28(39)22-14-20(31)9-10-21(22)18-5-3-6-19(13-18)29-37-25-12-17(11-23(27(25)41-29)30(32,33)34)15-35-24-7-4-8-26(24)40-2/h3,5-6,9-14,16,24,26,35H,4,7-8,15H2,1-2H3/t24-,26+/m1/s1. The lowest BCUT2D eigenvalue weighted by atomic mass is 9.97. The summed E-state index contributed by atoms with van der Waals surface area (Å²) in [5, 5.41) is 11.3. The predicted octanol–water partition coefficient (Wildman–Crippen LogP) is 6.77. The number of benzene rings is 3. The normalized spacial score (nSPS) is 17.5. The van der Waals surface area contributed by atoms with E-state index < -0.39 is 17.6 Å². The van der Waals surface area contributed by atoms with Crippen LogP contribution in [0.3, 0.4) is 0 Å². The number of hydrogen-bond donors (Lipinski definition) is 1. The summed E-state index contributed by atoms with van der Waals surface area (Å²) >= 11 is 0. The Hall–Kier alpha value is -4.09. The molecular weight excluding hydrogens is 538 g/mol. The van der Waals surface area contributed by atoms with E-state index in [1.165, 1.54) is 18.5 Å². The maximum absolute atomic E-state index is 14.2. The van der Waals surface area contributed by atoms with Crippen molar-refractivity contribution in [1.29, 1.82) is 0 Å². The minimum Gasteiger partial charge on any atom is -0.435 e. The molecule has 2 aromatic heterocycles. The van der Waals surface area contributed by atoms with Gasteiger partial charge < -0.3 is 19.0 Å². The Bertz CT molecular complexity index is 1710. The molecule has 0 spiro atoms. The molecular formula is C30H27F4N5O2. The van der Waals surface area contributed by atoms with Gasteiger partial charge in [0.2, 0.25) is 5.89 Å². The van der Waals surface area contributed by atoms with Crippen LogP contribution in [-0.2, 0) is 24.5 Å². The van der Waals surface area contributed by atoms with Crippen molar-refractivity contribution in [2.24, 2.45) is 7.05 Å². The molecule has 1 aliphatic carbocycles. The molecule has 6 rings (SSSR count). The highest BCUT2D eigenvalue weighted by molar-refractivity contribution is 5.84. The first-order chi connectivity index (χ1) is 19.7. The second-order valence-electron chi connectivity index (χ2n) is 10.2. The molecule has 0 bridgehead atoms. The molecule has 0 radical (unpaired) electrons. The monoisotopic (exact) mass is 565 g/mol. The van der Waals surface area contributed by atoms with Crippen molar-refractivity contribution in [1.82, 2.24) is 25.1 Å². The summed E-state index contributed by atoms with van der Waals surface area (Å²) in [5.74, 6) is 0.0877. The molecule has 5 aromatic rings. The Balaban J connectivity index is 1.38. The van der Waals surface area contributed by atoms with E-state index in [0.29, 0.717) is 33.6 Å². The van der Waals surface area contributed by atoms with Gasteiger partial charge in [0.15, 0.2) is 11.4 Å². The molecule has 7 nitrogen and oxygen atoms in total. The molecule has 212 valence electrons. The number of ether oxygens (including phenoxy) is 1. The lowest BCUT2D eigenvalue weighted by molar-refractivity contribution is -0.136. The van der Waals surface area contributed by atoms with Gasteiger partial charge in [0.1, 0.15) is 23.2 Å². The average Bonchev–Trinajstić information content (AvgIpc) is 3.70. The highest BCUT2D eigenvalue weighted by Crippen LogP contribution is 2.39. The first-order valence-corrected chi connectivity index (χ1v) is 13.2. The second kappa shape index (κ2) is 10.7.